The lowest BCUT2D eigenvalue weighted by Crippen LogP contribution is -2.01. The van der Waals surface area contributed by atoms with Gasteiger partial charge in [0.2, 0.25) is 5.95 Å². The summed E-state index contributed by atoms with van der Waals surface area (Å²) < 4.78 is 7.24. The summed E-state index contributed by atoms with van der Waals surface area (Å²) in [5.41, 5.74) is 1.89. The van der Waals surface area contributed by atoms with E-state index >= 15 is 0 Å². The highest BCUT2D eigenvalue weighted by molar-refractivity contribution is 6.32. The zero-order chi connectivity index (χ0) is 13.1. The molecule has 2 aromatic rings. The van der Waals surface area contributed by atoms with Gasteiger partial charge in [-0.05, 0) is 26.0 Å². The number of hydrogen-bond donors (Lipinski definition) is 1. The van der Waals surface area contributed by atoms with E-state index in [0.717, 1.165) is 23.9 Å². The van der Waals surface area contributed by atoms with Crippen molar-refractivity contribution in [3.8, 4) is 5.75 Å². The Morgan fingerprint density at radius 1 is 1.44 bits per heavy atom. The van der Waals surface area contributed by atoms with E-state index in [1.165, 1.54) is 0 Å². The second-order valence-electron chi connectivity index (χ2n) is 3.97. The quantitative estimate of drug-likeness (QED) is 0.918. The van der Waals surface area contributed by atoms with Gasteiger partial charge in [0, 0.05) is 24.5 Å². The van der Waals surface area contributed by atoms with Gasteiger partial charge in [-0.25, -0.2) is 4.98 Å². The lowest BCUT2D eigenvalue weighted by Gasteiger charge is -2.09. The van der Waals surface area contributed by atoms with Gasteiger partial charge in [0.05, 0.1) is 17.8 Å². The monoisotopic (exact) mass is 265 g/mol. The van der Waals surface area contributed by atoms with Crippen LogP contribution in [0.1, 0.15) is 12.6 Å². The summed E-state index contributed by atoms with van der Waals surface area (Å²) in [5.74, 6) is 1.47. The van der Waals surface area contributed by atoms with Crippen molar-refractivity contribution in [3.05, 3.63) is 35.1 Å². The van der Waals surface area contributed by atoms with Gasteiger partial charge < -0.3 is 14.6 Å². The highest BCUT2D eigenvalue weighted by Gasteiger charge is 2.06. The predicted octanol–water partition coefficient (Wildman–Crippen LogP) is 3.62. The number of halogens is 1. The molecule has 4 nitrogen and oxygen atoms in total. The standard InChI is InChI=1S/C13H16ClN3O/c1-4-17-8-9(2)15-13(17)16-10-5-6-11(14)12(7-10)18-3/h5-8H,4H2,1-3H3,(H,15,16). The molecule has 0 atom stereocenters. The summed E-state index contributed by atoms with van der Waals surface area (Å²) in [6.45, 7) is 4.92. The number of hydrogen-bond acceptors (Lipinski definition) is 3. The molecule has 96 valence electrons. The third-order valence-electron chi connectivity index (χ3n) is 2.64. The molecule has 0 aliphatic carbocycles. The second kappa shape index (κ2) is 5.31. The summed E-state index contributed by atoms with van der Waals surface area (Å²) in [4.78, 5) is 4.43. The highest BCUT2D eigenvalue weighted by Crippen LogP contribution is 2.28. The van der Waals surface area contributed by atoms with Crippen molar-refractivity contribution < 1.29 is 4.74 Å². The number of ether oxygens (including phenoxy) is 1. The van der Waals surface area contributed by atoms with Crippen molar-refractivity contribution in [2.75, 3.05) is 12.4 Å². The van der Waals surface area contributed by atoms with Crippen molar-refractivity contribution >= 4 is 23.2 Å². The Morgan fingerprint density at radius 2 is 2.22 bits per heavy atom. The first-order valence-corrected chi connectivity index (χ1v) is 6.16. The highest BCUT2D eigenvalue weighted by atomic mass is 35.5. The number of nitrogens with one attached hydrogen (secondary N) is 1. The molecule has 0 radical (unpaired) electrons. The fraction of sp³-hybridized carbons (Fsp3) is 0.308. The van der Waals surface area contributed by atoms with Gasteiger partial charge in [-0.15, -0.1) is 0 Å². The Bertz CT molecular complexity index is 551. The van der Waals surface area contributed by atoms with Gasteiger partial charge in [-0.1, -0.05) is 11.6 Å². The largest absolute Gasteiger partial charge is 0.495 e. The van der Waals surface area contributed by atoms with E-state index in [1.807, 2.05) is 25.3 Å². The van der Waals surface area contributed by atoms with E-state index in [0.29, 0.717) is 10.8 Å². The van der Waals surface area contributed by atoms with Gasteiger partial charge in [0.25, 0.3) is 0 Å². The van der Waals surface area contributed by atoms with Crippen molar-refractivity contribution in [1.82, 2.24) is 9.55 Å². The van der Waals surface area contributed by atoms with E-state index in [1.54, 1.807) is 13.2 Å². The summed E-state index contributed by atoms with van der Waals surface area (Å²) in [6.07, 6.45) is 2.01. The number of aryl methyl sites for hydroxylation is 2. The van der Waals surface area contributed by atoms with Crippen LogP contribution in [0.2, 0.25) is 5.02 Å². The van der Waals surface area contributed by atoms with Crippen LogP contribution in [0.3, 0.4) is 0 Å². The smallest absolute Gasteiger partial charge is 0.207 e. The molecule has 0 spiro atoms. The number of imidazole rings is 1. The minimum Gasteiger partial charge on any atom is -0.495 e. The van der Waals surface area contributed by atoms with Crippen LogP contribution < -0.4 is 10.1 Å². The fourth-order valence-electron chi connectivity index (χ4n) is 1.75. The minimum atomic E-state index is 0.595. The summed E-state index contributed by atoms with van der Waals surface area (Å²) in [6, 6.07) is 5.55. The number of aromatic nitrogens is 2. The average Bonchev–Trinajstić information content (AvgIpc) is 2.72. The number of benzene rings is 1. The van der Waals surface area contributed by atoms with Gasteiger partial charge in [0.15, 0.2) is 0 Å². The molecular formula is C13H16ClN3O. The van der Waals surface area contributed by atoms with E-state index in [4.69, 9.17) is 16.3 Å². The SMILES string of the molecule is CCn1cc(C)nc1Nc1ccc(Cl)c(OC)c1. The third kappa shape index (κ3) is 2.59. The van der Waals surface area contributed by atoms with Crippen LogP contribution in [0.4, 0.5) is 11.6 Å². The molecule has 0 unspecified atom stereocenters. The van der Waals surface area contributed by atoms with Crippen molar-refractivity contribution in [2.24, 2.45) is 0 Å². The van der Waals surface area contributed by atoms with E-state index in [9.17, 15) is 0 Å². The van der Waals surface area contributed by atoms with E-state index < -0.39 is 0 Å². The maximum absolute atomic E-state index is 5.99. The molecule has 18 heavy (non-hydrogen) atoms. The van der Waals surface area contributed by atoms with Crippen LogP contribution in [-0.2, 0) is 6.54 Å². The Balaban J connectivity index is 2.28. The van der Waals surface area contributed by atoms with E-state index in [-0.39, 0.29) is 0 Å². The van der Waals surface area contributed by atoms with Gasteiger partial charge in [-0.2, -0.15) is 0 Å². The summed E-state index contributed by atoms with van der Waals surface area (Å²) >= 11 is 5.99. The molecule has 0 fully saturated rings. The molecule has 1 N–H and O–H groups in total. The molecule has 1 aromatic carbocycles. The number of rotatable bonds is 4. The first-order chi connectivity index (χ1) is 8.63. The second-order valence-corrected chi connectivity index (χ2v) is 4.37. The zero-order valence-electron chi connectivity index (χ0n) is 10.7. The minimum absolute atomic E-state index is 0.595. The van der Waals surface area contributed by atoms with E-state index in [2.05, 4.69) is 21.8 Å². The van der Waals surface area contributed by atoms with Gasteiger partial charge >= 0.3 is 0 Å². The molecule has 0 aliphatic heterocycles. The van der Waals surface area contributed by atoms with Crippen LogP contribution >= 0.6 is 11.6 Å². The molecule has 0 saturated carbocycles. The number of anilines is 2. The molecular weight excluding hydrogens is 250 g/mol. The van der Waals surface area contributed by atoms with Gasteiger partial charge in [0.1, 0.15) is 5.75 Å². The van der Waals surface area contributed by atoms with Crippen LogP contribution in [0, 0.1) is 6.92 Å². The van der Waals surface area contributed by atoms with Crippen molar-refractivity contribution in [3.63, 3.8) is 0 Å². The summed E-state index contributed by atoms with van der Waals surface area (Å²) in [5, 5.41) is 3.85. The topological polar surface area (TPSA) is 39.1 Å². The van der Waals surface area contributed by atoms with Crippen molar-refractivity contribution in [1.29, 1.82) is 0 Å². The van der Waals surface area contributed by atoms with Gasteiger partial charge in [-0.3, -0.25) is 0 Å². The third-order valence-corrected chi connectivity index (χ3v) is 2.96. The Hall–Kier alpha value is -1.68. The predicted molar refractivity (Wildman–Crippen MR) is 73.9 cm³/mol. The maximum Gasteiger partial charge on any atom is 0.207 e. The van der Waals surface area contributed by atoms with Crippen LogP contribution in [0.25, 0.3) is 0 Å². The molecule has 0 saturated heterocycles. The van der Waals surface area contributed by atoms with Crippen LogP contribution in [0.5, 0.6) is 5.75 Å². The molecule has 2 rings (SSSR count). The molecule has 5 heteroatoms. The lowest BCUT2D eigenvalue weighted by molar-refractivity contribution is 0.415. The average molecular weight is 266 g/mol. The fourth-order valence-corrected chi connectivity index (χ4v) is 1.95. The Morgan fingerprint density at radius 3 is 2.89 bits per heavy atom. The number of methoxy groups -OCH3 is 1. The van der Waals surface area contributed by atoms with Crippen LogP contribution in [-0.4, -0.2) is 16.7 Å². The Labute approximate surface area is 112 Å². The molecule has 0 amide bonds. The Kier molecular flexibility index (Phi) is 3.77. The van der Waals surface area contributed by atoms with Crippen LogP contribution in [0.15, 0.2) is 24.4 Å². The number of nitrogens with zero attached hydrogens (tertiary/aromatic N) is 2. The normalized spacial score (nSPS) is 10.4. The first-order valence-electron chi connectivity index (χ1n) is 5.78. The molecule has 1 heterocycles. The maximum atomic E-state index is 5.99. The lowest BCUT2D eigenvalue weighted by atomic mass is 10.3. The first kappa shape index (κ1) is 12.8. The summed E-state index contributed by atoms with van der Waals surface area (Å²) in [7, 11) is 1.60. The van der Waals surface area contributed by atoms with Crippen molar-refractivity contribution in [2.45, 2.75) is 20.4 Å². The molecule has 0 aliphatic rings. The molecule has 1 aromatic heterocycles. The zero-order valence-corrected chi connectivity index (χ0v) is 11.5. The molecule has 0 bridgehead atoms.